The van der Waals surface area contributed by atoms with Crippen LogP contribution in [0.3, 0.4) is 0 Å². The lowest BCUT2D eigenvalue weighted by atomic mass is 10.0. The molecule has 26 heavy (non-hydrogen) atoms. The van der Waals surface area contributed by atoms with Gasteiger partial charge < -0.3 is 15.7 Å². The average Bonchev–Trinajstić information content (AvgIpc) is 3.26. The second-order valence-corrected chi connectivity index (χ2v) is 7.21. The van der Waals surface area contributed by atoms with E-state index in [4.69, 9.17) is 0 Å². The lowest BCUT2D eigenvalue weighted by Crippen LogP contribution is -2.37. The maximum absolute atomic E-state index is 14.0. The van der Waals surface area contributed by atoms with E-state index in [0.29, 0.717) is 18.0 Å². The van der Waals surface area contributed by atoms with Gasteiger partial charge >= 0.3 is 0 Å². The first-order valence-corrected chi connectivity index (χ1v) is 9.08. The van der Waals surface area contributed by atoms with Gasteiger partial charge in [0.25, 0.3) is 0 Å². The molecule has 2 aromatic carbocycles. The van der Waals surface area contributed by atoms with Crippen LogP contribution < -0.4 is 16.1 Å². The summed E-state index contributed by atoms with van der Waals surface area (Å²) in [5.41, 5.74) is 7.84. The maximum Gasteiger partial charge on any atom is 0.145 e. The fraction of sp³-hybridized carbons (Fsp3) is 0.400. The summed E-state index contributed by atoms with van der Waals surface area (Å²) in [4.78, 5) is 0. The summed E-state index contributed by atoms with van der Waals surface area (Å²) in [5.74, 6) is -0.216. The van der Waals surface area contributed by atoms with Gasteiger partial charge in [-0.2, -0.15) is 0 Å². The summed E-state index contributed by atoms with van der Waals surface area (Å²) in [6, 6.07) is 11.5. The highest BCUT2D eigenvalue weighted by molar-refractivity contribution is 5.63. The molecular weight excluding hydrogens is 331 g/mol. The number of benzene rings is 2. The van der Waals surface area contributed by atoms with Gasteiger partial charge in [-0.15, -0.1) is 0 Å². The standard InChI is InChI=1S/C20H25FN4O/c1-12-6-7-16(21)15-11-17(24-19(12)15)20(26)23-14-5-3-4-13(10-14)18-8-9-22-25(18)2/h3-7,10,17-18,20,22-24,26H,8-9,11H2,1-2H3. The average molecular weight is 356 g/mol. The van der Waals surface area contributed by atoms with E-state index in [1.807, 2.05) is 26.1 Å². The number of aryl methyl sites for hydroxylation is 1. The first-order chi connectivity index (χ1) is 12.5. The van der Waals surface area contributed by atoms with Crippen molar-refractivity contribution in [1.82, 2.24) is 10.4 Å². The Morgan fingerprint density at radius 3 is 2.88 bits per heavy atom. The highest BCUT2D eigenvalue weighted by atomic mass is 19.1. The topological polar surface area (TPSA) is 59.6 Å². The second kappa shape index (κ2) is 6.87. The van der Waals surface area contributed by atoms with Gasteiger partial charge in [-0.1, -0.05) is 18.2 Å². The van der Waals surface area contributed by atoms with Crippen molar-refractivity contribution in [2.75, 3.05) is 24.2 Å². The molecule has 1 fully saturated rings. The fourth-order valence-corrected chi connectivity index (χ4v) is 3.97. The summed E-state index contributed by atoms with van der Waals surface area (Å²) in [7, 11) is 2.04. The summed E-state index contributed by atoms with van der Waals surface area (Å²) in [6.45, 7) is 2.92. The number of hydrazine groups is 1. The smallest absolute Gasteiger partial charge is 0.145 e. The zero-order chi connectivity index (χ0) is 18.3. The zero-order valence-electron chi connectivity index (χ0n) is 15.1. The summed E-state index contributed by atoms with van der Waals surface area (Å²) >= 11 is 0. The Bertz CT molecular complexity index is 781. The quantitative estimate of drug-likeness (QED) is 0.635. The third-order valence-electron chi connectivity index (χ3n) is 5.43. The predicted octanol–water partition coefficient (Wildman–Crippen LogP) is 2.78. The Morgan fingerprint density at radius 2 is 2.15 bits per heavy atom. The second-order valence-electron chi connectivity index (χ2n) is 7.21. The lowest BCUT2D eigenvalue weighted by molar-refractivity contribution is 0.182. The van der Waals surface area contributed by atoms with Gasteiger partial charge in [-0.25, -0.2) is 9.40 Å². The SMILES string of the molecule is Cc1ccc(F)c2c1NC(C(O)Nc1cccc(C3CCNN3C)c1)C2. The summed E-state index contributed by atoms with van der Waals surface area (Å²) < 4.78 is 14.0. The zero-order valence-corrected chi connectivity index (χ0v) is 15.1. The molecule has 6 heteroatoms. The van der Waals surface area contributed by atoms with Crippen molar-refractivity contribution in [3.63, 3.8) is 0 Å². The van der Waals surface area contributed by atoms with Crippen molar-refractivity contribution >= 4 is 11.4 Å². The number of aliphatic hydroxyl groups excluding tert-OH is 1. The van der Waals surface area contributed by atoms with Crippen LogP contribution in [0.4, 0.5) is 15.8 Å². The summed E-state index contributed by atoms with van der Waals surface area (Å²) in [5, 5.41) is 19.2. The molecule has 0 bridgehead atoms. The number of aliphatic hydroxyl groups is 1. The molecule has 2 aliphatic rings. The van der Waals surface area contributed by atoms with Crippen LogP contribution >= 0.6 is 0 Å². The van der Waals surface area contributed by atoms with Gasteiger partial charge in [0.05, 0.1) is 12.1 Å². The molecule has 138 valence electrons. The number of hydrogen-bond donors (Lipinski definition) is 4. The number of halogens is 1. The van der Waals surface area contributed by atoms with Crippen LogP contribution in [0.5, 0.6) is 0 Å². The van der Waals surface area contributed by atoms with Crippen LogP contribution in [0.1, 0.15) is 29.2 Å². The van der Waals surface area contributed by atoms with Gasteiger partial charge in [0.15, 0.2) is 0 Å². The van der Waals surface area contributed by atoms with Crippen molar-refractivity contribution in [2.24, 2.45) is 0 Å². The Kier molecular flexibility index (Phi) is 4.56. The molecule has 2 aromatic rings. The molecule has 0 saturated carbocycles. The van der Waals surface area contributed by atoms with E-state index in [2.05, 4.69) is 33.2 Å². The van der Waals surface area contributed by atoms with Crippen molar-refractivity contribution in [1.29, 1.82) is 0 Å². The number of anilines is 2. The molecule has 4 rings (SSSR count). The lowest BCUT2D eigenvalue weighted by Gasteiger charge is -2.23. The Labute approximate surface area is 153 Å². The highest BCUT2D eigenvalue weighted by Gasteiger charge is 2.30. The van der Waals surface area contributed by atoms with Gasteiger partial charge in [-0.05, 0) is 42.7 Å². The predicted molar refractivity (Wildman–Crippen MR) is 101 cm³/mol. The fourth-order valence-electron chi connectivity index (χ4n) is 3.97. The molecule has 0 spiro atoms. The Morgan fingerprint density at radius 1 is 1.31 bits per heavy atom. The van der Waals surface area contributed by atoms with Crippen LogP contribution in [-0.4, -0.2) is 36.0 Å². The largest absolute Gasteiger partial charge is 0.377 e. The van der Waals surface area contributed by atoms with Crippen molar-refractivity contribution in [2.45, 2.75) is 38.1 Å². The molecule has 2 heterocycles. The number of fused-ring (bicyclic) bond motifs is 1. The maximum atomic E-state index is 14.0. The van der Waals surface area contributed by atoms with Crippen LogP contribution in [0.15, 0.2) is 36.4 Å². The molecule has 1 saturated heterocycles. The van der Waals surface area contributed by atoms with E-state index in [-0.39, 0.29) is 11.9 Å². The number of nitrogens with one attached hydrogen (secondary N) is 3. The van der Waals surface area contributed by atoms with Crippen LogP contribution in [-0.2, 0) is 6.42 Å². The van der Waals surface area contributed by atoms with Gasteiger partial charge in [0, 0.05) is 37.0 Å². The van der Waals surface area contributed by atoms with Gasteiger partial charge in [-0.3, -0.25) is 5.43 Å². The van der Waals surface area contributed by atoms with E-state index in [1.165, 1.54) is 11.6 Å². The van der Waals surface area contributed by atoms with E-state index in [9.17, 15) is 9.50 Å². The van der Waals surface area contributed by atoms with E-state index in [0.717, 1.165) is 29.9 Å². The minimum atomic E-state index is -0.809. The summed E-state index contributed by atoms with van der Waals surface area (Å²) in [6.07, 6.45) is 0.711. The number of nitrogens with zero attached hydrogens (tertiary/aromatic N) is 1. The molecule has 2 aliphatic heterocycles. The third-order valence-corrected chi connectivity index (χ3v) is 5.43. The number of rotatable bonds is 4. The molecular formula is C20H25FN4O. The molecule has 5 nitrogen and oxygen atoms in total. The van der Waals surface area contributed by atoms with Crippen molar-refractivity contribution < 1.29 is 9.50 Å². The first kappa shape index (κ1) is 17.3. The van der Waals surface area contributed by atoms with E-state index >= 15 is 0 Å². The normalized spacial score (nSPS) is 23.5. The Hall–Kier alpha value is -2.15. The highest BCUT2D eigenvalue weighted by Crippen LogP contribution is 2.33. The van der Waals surface area contributed by atoms with Crippen LogP contribution in [0.25, 0.3) is 0 Å². The molecule has 0 amide bonds. The number of hydrogen-bond acceptors (Lipinski definition) is 5. The van der Waals surface area contributed by atoms with E-state index < -0.39 is 6.23 Å². The van der Waals surface area contributed by atoms with E-state index in [1.54, 1.807) is 6.07 Å². The minimum absolute atomic E-state index is 0.216. The van der Waals surface area contributed by atoms with Crippen LogP contribution in [0, 0.1) is 12.7 Å². The molecule has 0 radical (unpaired) electrons. The molecule has 0 aromatic heterocycles. The minimum Gasteiger partial charge on any atom is -0.377 e. The van der Waals surface area contributed by atoms with Crippen molar-refractivity contribution in [3.8, 4) is 0 Å². The molecule has 3 atom stereocenters. The molecule has 4 N–H and O–H groups in total. The third kappa shape index (κ3) is 3.16. The monoisotopic (exact) mass is 356 g/mol. The van der Waals surface area contributed by atoms with Crippen LogP contribution in [0.2, 0.25) is 0 Å². The molecule has 3 unspecified atom stereocenters. The van der Waals surface area contributed by atoms with Gasteiger partial charge in [0.2, 0.25) is 0 Å². The first-order valence-electron chi connectivity index (χ1n) is 9.08. The molecule has 0 aliphatic carbocycles. The van der Waals surface area contributed by atoms with Crippen molar-refractivity contribution in [3.05, 3.63) is 58.9 Å². The van der Waals surface area contributed by atoms with Gasteiger partial charge in [0.1, 0.15) is 12.0 Å². The Balaban J connectivity index is 1.47.